The van der Waals surface area contributed by atoms with E-state index in [2.05, 4.69) is 5.32 Å². The third-order valence-corrected chi connectivity index (χ3v) is 4.85. The zero-order chi connectivity index (χ0) is 18.5. The second-order valence-electron chi connectivity index (χ2n) is 6.29. The van der Waals surface area contributed by atoms with E-state index in [0.29, 0.717) is 36.5 Å². The molecule has 136 valence electrons. The predicted molar refractivity (Wildman–Crippen MR) is 102 cm³/mol. The van der Waals surface area contributed by atoms with Crippen LogP contribution in [-0.4, -0.2) is 36.9 Å². The minimum Gasteiger partial charge on any atom is -0.497 e. The molecule has 1 fully saturated rings. The quantitative estimate of drug-likeness (QED) is 0.887. The lowest BCUT2D eigenvalue weighted by molar-refractivity contribution is -0.121. The molecule has 0 radical (unpaired) electrons. The summed E-state index contributed by atoms with van der Waals surface area (Å²) >= 11 is 5.86. The third kappa shape index (κ3) is 4.35. The van der Waals surface area contributed by atoms with Crippen LogP contribution >= 0.6 is 11.6 Å². The summed E-state index contributed by atoms with van der Waals surface area (Å²) in [5, 5.41) is 3.54. The number of nitrogens with zero attached hydrogens (tertiary/aromatic N) is 1. The molecule has 1 heterocycles. The molecular weight excluding hydrogens is 352 g/mol. The van der Waals surface area contributed by atoms with E-state index < -0.39 is 0 Å². The number of anilines is 1. The van der Waals surface area contributed by atoms with Crippen molar-refractivity contribution < 1.29 is 14.3 Å². The van der Waals surface area contributed by atoms with Gasteiger partial charge in [-0.25, -0.2) is 0 Å². The van der Waals surface area contributed by atoms with Crippen molar-refractivity contribution in [3.63, 3.8) is 0 Å². The van der Waals surface area contributed by atoms with Crippen LogP contribution in [0.5, 0.6) is 5.75 Å². The van der Waals surface area contributed by atoms with Gasteiger partial charge in [-0.05, 0) is 61.4 Å². The molecule has 26 heavy (non-hydrogen) atoms. The standard InChI is InChI=1S/C20H21ClN2O3/c1-26-18-8-6-17(7-9-18)22-19(24)14-10-12-23(13-11-14)20(25)15-2-4-16(21)5-3-15/h2-9,14H,10-13H2,1H3,(H,22,24). The van der Waals surface area contributed by atoms with E-state index in [1.54, 1.807) is 36.3 Å². The van der Waals surface area contributed by atoms with E-state index in [4.69, 9.17) is 16.3 Å². The van der Waals surface area contributed by atoms with Crippen molar-refractivity contribution in [3.8, 4) is 5.75 Å². The fourth-order valence-electron chi connectivity index (χ4n) is 3.04. The first-order chi connectivity index (χ1) is 12.6. The van der Waals surface area contributed by atoms with E-state index in [1.807, 2.05) is 24.3 Å². The molecule has 2 aromatic rings. The van der Waals surface area contributed by atoms with Crippen molar-refractivity contribution in [3.05, 3.63) is 59.1 Å². The largest absolute Gasteiger partial charge is 0.497 e. The van der Waals surface area contributed by atoms with Gasteiger partial charge in [0.25, 0.3) is 5.91 Å². The van der Waals surface area contributed by atoms with Crippen LogP contribution in [0.15, 0.2) is 48.5 Å². The number of halogens is 1. The van der Waals surface area contributed by atoms with E-state index in [1.165, 1.54) is 0 Å². The summed E-state index contributed by atoms with van der Waals surface area (Å²) in [4.78, 5) is 26.7. The zero-order valence-electron chi connectivity index (χ0n) is 14.6. The number of benzene rings is 2. The average molecular weight is 373 g/mol. The molecular formula is C20H21ClN2O3. The van der Waals surface area contributed by atoms with Gasteiger partial charge in [0.2, 0.25) is 5.91 Å². The van der Waals surface area contributed by atoms with Crippen molar-refractivity contribution in [2.45, 2.75) is 12.8 Å². The highest BCUT2D eigenvalue weighted by Gasteiger charge is 2.27. The maximum Gasteiger partial charge on any atom is 0.253 e. The summed E-state index contributed by atoms with van der Waals surface area (Å²) < 4.78 is 5.11. The topological polar surface area (TPSA) is 58.6 Å². The molecule has 0 saturated carbocycles. The molecule has 0 unspecified atom stereocenters. The number of carbonyl (C=O) groups is 2. The van der Waals surface area contributed by atoms with Crippen LogP contribution in [0, 0.1) is 5.92 Å². The smallest absolute Gasteiger partial charge is 0.253 e. The van der Waals surface area contributed by atoms with Crippen LogP contribution in [0.2, 0.25) is 5.02 Å². The molecule has 1 aliphatic heterocycles. The van der Waals surface area contributed by atoms with E-state index in [0.717, 1.165) is 11.4 Å². The first kappa shape index (κ1) is 18.3. The SMILES string of the molecule is COc1ccc(NC(=O)C2CCN(C(=O)c3ccc(Cl)cc3)CC2)cc1. The molecule has 6 heteroatoms. The number of methoxy groups -OCH3 is 1. The lowest BCUT2D eigenvalue weighted by Crippen LogP contribution is -2.41. The Labute approximate surface area is 157 Å². The Bertz CT molecular complexity index is 767. The molecule has 0 atom stereocenters. The summed E-state index contributed by atoms with van der Waals surface area (Å²) in [6.07, 6.45) is 1.31. The predicted octanol–water partition coefficient (Wildman–Crippen LogP) is 3.84. The molecule has 0 aromatic heterocycles. The number of hydrogen-bond donors (Lipinski definition) is 1. The van der Waals surface area contributed by atoms with Crippen LogP contribution in [-0.2, 0) is 4.79 Å². The maximum atomic E-state index is 12.5. The number of rotatable bonds is 4. The summed E-state index contributed by atoms with van der Waals surface area (Å²) in [6.45, 7) is 1.14. The average Bonchev–Trinajstić information content (AvgIpc) is 2.69. The highest BCUT2D eigenvalue weighted by Crippen LogP contribution is 2.22. The van der Waals surface area contributed by atoms with E-state index in [-0.39, 0.29) is 17.7 Å². The van der Waals surface area contributed by atoms with Gasteiger partial charge in [-0.2, -0.15) is 0 Å². The van der Waals surface area contributed by atoms with E-state index >= 15 is 0 Å². The molecule has 1 aliphatic rings. The Morgan fingerprint density at radius 2 is 1.65 bits per heavy atom. The van der Waals surface area contributed by atoms with Crippen LogP contribution in [0.25, 0.3) is 0 Å². The minimum absolute atomic E-state index is 0.00578. The second-order valence-corrected chi connectivity index (χ2v) is 6.73. The van der Waals surface area contributed by atoms with Gasteiger partial charge >= 0.3 is 0 Å². The van der Waals surface area contributed by atoms with Gasteiger partial charge in [0.15, 0.2) is 0 Å². The molecule has 0 spiro atoms. The lowest BCUT2D eigenvalue weighted by Gasteiger charge is -2.31. The van der Waals surface area contributed by atoms with Crippen LogP contribution < -0.4 is 10.1 Å². The summed E-state index contributed by atoms with van der Waals surface area (Å²) in [7, 11) is 1.60. The number of ether oxygens (including phenoxy) is 1. The normalized spacial score (nSPS) is 14.8. The van der Waals surface area contributed by atoms with Gasteiger partial charge in [-0.3, -0.25) is 9.59 Å². The molecule has 0 bridgehead atoms. The van der Waals surface area contributed by atoms with Crippen molar-refractivity contribution in [1.29, 1.82) is 0 Å². The van der Waals surface area contributed by atoms with Gasteiger partial charge in [0.1, 0.15) is 5.75 Å². The first-order valence-electron chi connectivity index (χ1n) is 8.56. The molecule has 1 N–H and O–H groups in total. The Morgan fingerprint density at radius 3 is 2.23 bits per heavy atom. The fraction of sp³-hybridized carbons (Fsp3) is 0.300. The summed E-state index contributed by atoms with van der Waals surface area (Å²) in [5.41, 5.74) is 1.37. The van der Waals surface area contributed by atoms with Crippen molar-refractivity contribution in [2.75, 3.05) is 25.5 Å². The molecule has 2 aromatic carbocycles. The molecule has 0 aliphatic carbocycles. The molecule has 2 amide bonds. The fourth-order valence-corrected chi connectivity index (χ4v) is 3.16. The summed E-state index contributed by atoms with van der Waals surface area (Å²) in [6, 6.07) is 14.1. The first-order valence-corrected chi connectivity index (χ1v) is 8.94. The Balaban J connectivity index is 1.53. The van der Waals surface area contributed by atoms with Gasteiger partial charge in [0, 0.05) is 35.3 Å². The number of hydrogen-bond acceptors (Lipinski definition) is 3. The van der Waals surface area contributed by atoms with Crippen LogP contribution in [0.4, 0.5) is 5.69 Å². The van der Waals surface area contributed by atoms with Crippen LogP contribution in [0.1, 0.15) is 23.2 Å². The number of amides is 2. The molecule has 1 saturated heterocycles. The Kier molecular flexibility index (Phi) is 5.78. The van der Waals surface area contributed by atoms with Gasteiger partial charge < -0.3 is 15.0 Å². The third-order valence-electron chi connectivity index (χ3n) is 4.60. The van der Waals surface area contributed by atoms with Gasteiger partial charge in [-0.1, -0.05) is 11.6 Å². The second kappa shape index (κ2) is 8.23. The van der Waals surface area contributed by atoms with E-state index in [9.17, 15) is 9.59 Å². The number of likely N-dealkylation sites (tertiary alicyclic amines) is 1. The number of carbonyl (C=O) groups excluding carboxylic acids is 2. The lowest BCUT2D eigenvalue weighted by atomic mass is 9.95. The minimum atomic E-state index is -0.0913. The zero-order valence-corrected chi connectivity index (χ0v) is 15.3. The molecule has 5 nitrogen and oxygen atoms in total. The van der Waals surface area contributed by atoms with Crippen molar-refractivity contribution >= 4 is 29.1 Å². The van der Waals surface area contributed by atoms with Crippen LogP contribution in [0.3, 0.4) is 0 Å². The Hall–Kier alpha value is -2.53. The Morgan fingerprint density at radius 1 is 1.04 bits per heavy atom. The van der Waals surface area contributed by atoms with Gasteiger partial charge in [-0.15, -0.1) is 0 Å². The summed E-state index contributed by atoms with van der Waals surface area (Å²) in [5.74, 6) is 0.632. The highest BCUT2D eigenvalue weighted by atomic mass is 35.5. The number of nitrogens with one attached hydrogen (secondary N) is 1. The molecule has 3 rings (SSSR count). The monoisotopic (exact) mass is 372 g/mol. The van der Waals surface area contributed by atoms with Crippen molar-refractivity contribution in [1.82, 2.24) is 4.90 Å². The van der Waals surface area contributed by atoms with Crippen molar-refractivity contribution in [2.24, 2.45) is 5.92 Å². The van der Waals surface area contributed by atoms with Gasteiger partial charge in [0.05, 0.1) is 7.11 Å². The maximum absolute atomic E-state index is 12.5. The highest BCUT2D eigenvalue weighted by molar-refractivity contribution is 6.30. The number of piperidine rings is 1.